The molecule has 0 spiro atoms. The van der Waals surface area contributed by atoms with Crippen molar-refractivity contribution in [1.29, 1.82) is 0 Å². The van der Waals surface area contributed by atoms with Crippen LogP contribution in [0.2, 0.25) is 0 Å². The number of carbonyl (C=O) groups excluding carboxylic acids is 2. The summed E-state index contributed by atoms with van der Waals surface area (Å²) in [6.45, 7) is 10.8. The fourth-order valence-electron chi connectivity index (χ4n) is 6.02. The maximum Gasteiger partial charge on any atom is 0.311 e. The second-order valence-corrected chi connectivity index (χ2v) is 9.10. The average Bonchev–Trinajstić information content (AvgIpc) is 3.23. The van der Waals surface area contributed by atoms with Crippen LogP contribution in [0.25, 0.3) is 0 Å². The molecule has 1 heterocycles. The molecular weight excluding hydrogens is 316 g/mol. The van der Waals surface area contributed by atoms with Gasteiger partial charge in [0.15, 0.2) is 6.29 Å². The Labute approximate surface area is 151 Å². The van der Waals surface area contributed by atoms with E-state index in [2.05, 4.69) is 20.4 Å². The molecule has 140 valence electrons. The highest BCUT2D eigenvalue weighted by Crippen LogP contribution is 2.62. The lowest BCUT2D eigenvalue weighted by molar-refractivity contribution is -0.168. The lowest BCUT2D eigenvalue weighted by atomic mass is 9.46. The van der Waals surface area contributed by atoms with Gasteiger partial charge in [-0.2, -0.15) is 0 Å². The minimum absolute atomic E-state index is 0.0619. The first-order valence-electron chi connectivity index (χ1n) is 9.60. The zero-order valence-corrected chi connectivity index (χ0v) is 16.1. The van der Waals surface area contributed by atoms with Gasteiger partial charge in [0.1, 0.15) is 6.10 Å². The molecule has 3 aliphatic rings. The molecule has 0 bridgehead atoms. The van der Waals surface area contributed by atoms with Gasteiger partial charge in [-0.1, -0.05) is 25.5 Å². The molecule has 2 aliphatic carbocycles. The molecule has 0 amide bonds. The molecule has 4 heteroatoms. The number of epoxide rings is 1. The van der Waals surface area contributed by atoms with Gasteiger partial charge in [-0.3, -0.25) is 4.79 Å². The summed E-state index contributed by atoms with van der Waals surface area (Å²) in [6, 6.07) is 0. The van der Waals surface area contributed by atoms with Gasteiger partial charge in [0.2, 0.25) is 0 Å². The molecule has 0 aromatic rings. The number of esters is 1. The van der Waals surface area contributed by atoms with Crippen LogP contribution in [0.15, 0.2) is 12.2 Å². The van der Waals surface area contributed by atoms with Gasteiger partial charge in [0.25, 0.3) is 0 Å². The highest BCUT2D eigenvalue weighted by Gasteiger charge is 2.59. The van der Waals surface area contributed by atoms with Crippen LogP contribution in [0, 0.1) is 22.7 Å². The third-order valence-electron chi connectivity index (χ3n) is 7.67. The molecule has 1 saturated heterocycles. The predicted molar refractivity (Wildman–Crippen MR) is 96.0 cm³/mol. The quantitative estimate of drug-likeness (QED) is 0.325. The van der Waals surface area contributed by atoms with E-state index < -0.39 is 5.41 Å². The Morgan fingerprint density at radius 3 is 2.68 bits per heavy atom. The number of allylic oxidation sites excluding steroid dienone is 1. The number of methoxy groups -OCH3 is 1. The number of aldehydes is 1. The molecule has 0 aromatic carbocycles. The molecule has 25 heavy (non-hydrogen) atoms. The molecule has 3 rings (SSSR count). The third kappa shape index (κ3) is 2.87. The van der Waals surface area contributed by atoms with Crippen molar-refractivity contribution in [2.24, 2.45) is 22.7 Å². The van der Waals surface area contributed by atoms with Crippen LogP contribution in [0.1, 0.15) is 65.7 Å². The SMILES string of the molecule is C=C1CC[C@@H]2[C@](C)(CCC[C@]2(C)C(=O)OC)[C@H]1CC[C@@]1(C)O[C@H]1C=O. The standard InChI is InChI=1S/C21H32O4/c1-14-7-8-16-19(2,10-6-11-20(16,3)18(23)24-5)15(14)9-12-21(4)17(13-22)25-21/h13,15-17H,1,6-12H2,2-5H3/t15-,16+,17-,19+,20-,21+/m0/s1. The van der Waals surface area contributed by atoms with Crippen LogP contribution < -0.4 is 0 Å². The summed E-state index contributed by atoms with van der Waals surface area (Å²) in [5.74, 6) is 0.642. The molecule has 0 unspecified atom stereocenters. The number of rotatable bonds is 5. The van der Waals surface area contributed by atoms with E-state index in [0.29, 0.717) is 11.8 Å². The van der Waals surface area contributed by atoms with Crippen LogP contribution in [-0.4, -0.2) is 31.1 Å². The summed E-state index contributed by atoms with van der Waals surface area (Å²) >= 11 is 0. The molecule has 2 saturated carbocycles. The van der Waals surface area contributed by atoms with Crippen LogP contribution in [0.4, 0.5) is 0 Å². The van der Waals surface area contributed by atoms with E-state index in [4.69, 9.17) is 9.47 Å². The second kappa shape index (κ2) is 6.22. The topological polar surface area (TPSA) is 55.9 Å². The van der Waals surface area contributed by atoms with Crippen molar-refractivity contribution in [1.82, 2.24) is 0 Å². The van der Waals surface area contributed by atoms with Crippen LogP contribution in [0.5, 0.6) is 0 Å². The van der Waals surface area contributed by atoms with E-state index in [-0.39, 0.29) is 23.1 Å². The van der Waals surface area contributed by atoms with Crippen molar-refractivity contribution >= 4 is 12.3 Å². The molecule has 0 N–H and O–H groups in total. The first-order valence-corrected chi connectivity index (χ1v) is 9.60. The zero-order valence-electron chi connectivity index (χ0n) is 16.1. The van der Waals surface area contributed by atoms with E-state index in [9.17, 15) is 9.59 Å². The second-order valence-electron chi connectivity index (χ2n) is 9.10. The van der Waals surface area contributed by atoms with Gasteiger partial charge in [-0.05, 0) is 69.6 Å². The van der Waals surface area contributed by atoms with Crippen molar-refractivity contribution in [3.63, 3.8) is 0 Å². The van der Waals surface area contributed by atoms with E-state index in [0.717, 1.165) is 51.2 Å². The van der Waals surface area contributed by atoms with Gasteiger partial charge < -0.3 is 14.3 Å². The summed E-state index contributed by atoms with van der Waals surface area (Å²) < 4.78 is 10.8. The summed E-state index contributed by atoms with van der Waals surface area (Å²) in [5.41, 5.74) is 0.676. The monoisotopic (exact) mass is 348 g/mol. The number of ether oxygens (including phenoxy) is 2. The fraction of sp³-hybridized carbons (Fsp3) is 0.810. The largest absolute Gasteiger partial charge is 0.469 e. The van der Waals surface area contributed by atoms with Crippen LogP contribution >= 0.6 is 0 Å². The number of fused-ring (bicyclic) bond motifs is 1. The van der Waals surface area contributed by atoms with Gasteiger partial charge in [0, 0.05) is 0 Å². The zero-order chi connectivity index (χ0) is 18.5. The first-order chi connectivity index (χ1) is 11.7. The Bertz CT molecular complexity index is 584. The highest BCUT2D eigenvalue weighted by molar-refractivity contribution is 5.77. The Hall–Kier alpha value is -1.16. The van der Waals surface area contributed by atoms with Gasteiger partial charge in [-0.25, -0.2) is 0 Å². The number of carbonyl (C=O) groups is 2. The van der Waals surface area contributed by atoms with Crippen LogP contribution in [0.3, 0.4) is 0 Å². The molecule has 1 aliphatic heterocycles. The van der Waals surface area contributed by atoms with Crippen molar-refractivity contribution in [2.75, 3.05) is 7.11 Å². The molecule has 4 nitrogen and oxygen atoms in total. The normalized spacial score (nSPS) is 46.2. The summed E-state index contributed by atoms with van der Waals surface area (Å²) in [5, 5.41) is 0. The average molecular weight is 348 g/mol. The number of hydrogen-bond donors (Lipinski definition) is 0. The minimum atomic E-state index is -0.397. The van der Waals surface area contributed by atoms with E-state index in [1.54, 1.807) is 0 Å². The maximum absolute atomic E-state index is 12.6. The lowest BCUT2D eigenvalue weighted by Gasteiger charge is -2.57. The predicted octanol–water partition coefficient (Wildman–Crippen LogP) is 4.07. The Morgan fingerprint density at radius 1 is 1.36 bits per heavy atom. The number of hydrogen-bond acceptors (Lipinski definition) is 4. The molecular formula is C21H32O4. The molecule has 0 radical (unpaired) electrons. The van der Waals surface area contributed by atoms with E-state index >= 15 is 0 Å². The van der Waals surface area contributed by atoms with Crippen LogP contribution in [-0.2, 0) is 19.1 Å². The van der Waals surface area contributed by atoms with Gasteiger partial charge in [0.05, 0.1) is 18.1 Å². The highest BCUT2D eigenvalue weighted by atomic mass is 16.6. The Morgan fingerprint density at radius 2 is 2.08 bits per heavy atom. The fourth-order valence-corrected chi connectivity index (χ4v) is 6.02. The van der Waals surface area contributed by atoms with Gasteiger partial charge in [-0.15, -0.1) is 0 Å². The summed E-state index contributed by atoms with van der Waals surface area (Å²) in [4.78, 5) is 23.6. The minimum Gasteiger partial charge on any atom is -0.469 e. The Kier molecular flexibility index (Phi) is 4.64. The van der Waals surface area contributed by atoms with E-state index in [1.165, 1.54) is 12.7 Å². The van der Waals surface area contributed by atoms with E-state index in [1.807, 2.05) is 6.92 Å². The smallest absolute Gasteiger partial charge is 0.311 e. The summed E-state index contributed by atoms with van der Waals surface area (Å²) in [6.07, 6.45) is 7.59. The Balaban J connectivity index is 1.82. The lowest BCUT2D eigenvalue weighted by Crippen LogP contribution is -2.53. The van der Waals surface area contributed by atoms with Crippen molar-refractivity contribution < 1.29 is 19.1 Å². The van der Waals surface area contributed by atoms with Crippen molar-refractivity contribution in [3.8, 4) is 0 Å². The van der Waals surface area contributed by atoms with Crippen molar-refractivity contribution in [3.05, 3.63) is 12.2 Å². The third-order valence-corrected chi connectivity index (χ3v) is 7.67. The van der Waals surface area contributed by atoms with Gasteiger partial charge >= 0.3 is 5.97 Å². The summed E-state index contributed by atoms with van der Waals surface area (Å²) in [7, 11) is 1.50. The van der Waals surface area contributed by atoms with Crippen molar-refractivity contribution in [2.45, 2.75) is 77.4 Å². The molecule has 3 fully saturated rings. The first kappa shape index (κ1) is 18.6. The molecule has 0 aromatic heterocycles. The maximum atomic E-state index is 12.6. The molecule has 6 atom stereocenters.